The number of hydrogen-bond acceptors (Lipinski definition) is 2. The second kappa shape index (κ2) is 3.19. The Morgan fingerprint density at radius 1 is 1.24 bits per heavy atom. The minimum Gasteiger partial charge on any atom is -0.467 e. The predicted molar refractivity (Wildman–Crippen MR) is 72.6 cm³/mol. The number of nitrogen functional groups attached to an aromatic ring is 1. The molecule has 0 spiro atoms. The number of furan rings is 1. The molecular formula is C14H16BNO. The first-order chi connectivity index (χ1) is 8.03. The van der Waals surface area contributed by atoms with E-state index in [1.54, 1.807) is 6.26 Å². The van der Waals surface area contributed by atoms with Crippen LogP contribution in [0.1, 0.15) is 25.2 Å². The van der Waals surface area contributed by atoms with Gasteiger partial charge in [0.25, 0.3) is 0 Å². The fourth-order valence-corrected chi connectivity index (χ4v) is 3.03. The molecular weight excluding hydrogens is 209 g/mol. The Morgan fingerprint density at radius 2 is 1.94 bits per heavy atom. The van der Waals surface area contributed by atoms with Crippen LogP contribution in [0.25, 0.3) is 0 Å². The first-order valence-corrected chi connectivity index (χ1v) is 6.00. The molecule has 0 saturated carbocycles. The van der Waals surface area contributed by atoms with Crippen molar-refractivity contribution in [2.24, 2.45) is 0 Å². The first kappa shape index (κ1) is 10.5. The summed E-state index contributed by atoms with van der Waals surface area (Å²) in [7, 11) is 0. The molecule has 2 heterocycles. The largest absolute Gasteiger partial charge is 0.467 e. The highest BCUT2D eigenvalue weighted by Crippen LogP contribution is 2.34. The van der Waals surface area contributed by atoms with Crippen molar-refractivity contribution in [3.8, 4) is 0 Å². The zero-order valence-electron chi connectivity index (χ0n) is 10.4. The number of rotatable bonds is 0. The normalized spacial score (nSPS) is 16.5. The van der Waals surface area contributed by atoms with Gasteiger partial charge in [-0.25, -0.2) is 0 Å². The average Bonchev–Trinajstić information content (AvgIpc) is 2.70. The summed E-state index contributed by atoms with van der Waals surface area (Å²) in [6.07, 6.45) is 1.68. The van der Waals surface area contributed by atoms with E-state index < -0.39 is 0 Å². The zero-order valence-corrected chi connectivity index (χ0v) is 10.4. The molecule has 0 unspecified atom stereocenters. The van der Waals surface area contributed by atoms with Crippen molar-refractivity contribution in [3.63, 3.8) is 0 Å². The highest BCUT2D eigenvalue weighted by Gasteiger charge is 2.40. The lowest BCUT2D eigenvalue weighted by Gasteiger charge is -2.33. The third-order valence-electron chi connectivity index (χ3n) is 3.96. The van der Waals surface area contributed by atoms with Gasteiger partial charge in [-0.15, -0.1) is 0 Å². The number of anilines is 1. The molecule has 1 aromatic carbocycles. The molecule has 0 radical (unpaired) electrons. The summed E-state index contributed by atoms with van der Waals surface area (Å²) in [5.41, 5.74) is 10.6. The molecule has 0 atom stereocenters. The van der Waals surface area contributed by atoms with Crippen LogP contribution in [-0.4, -0.2) is 6.71 Å². The van der Waals surface area contributed by atoms with Crippen LogP contribution >= 0.6 is 0 Å². The van der Waals surface area contributed by atoms with Crippen LogP contribution in [0.3, 0.4) is 0 Å². The van der Waals surface area contributed by atoms with Gasteiger partial charge in [-0.2, -0.15) is 0 Å². The van der Waals surface area contributed by atoms with Crippen molar-refractivity contribution in [1.82, 2.24) is 0 Å². The van der Waals surface area contributed by atoms with Gasteiger partial charge in [0.05, 0.1) is 5.69 Å². The standard InChI is InChI=1S/C14H16BNO/c1-14(2)9-6-4-5-7-10(9)15(3)12-11(16)8-17-13(12)14/h4-8H,16H2,1-3H3. The van der Waals surface area contributed by atoms with Crippen molar-refractivity contribution in [2.45, 2.75) is 26.1 Å². The molecule has 0 fully saturated rings. The molecule has 0 saturated heterocycles. The summed E-state index contributed by atoms with van der Waals surface area (Å²) in [6, 6.07) is 8.56. The third-order valence-corrected chi connectivity index (χ3v) is 3.96. The van der Waals surface area contributed by atoms with E-state index >= 15 is 0 Å². The Bertz CT molecular complexity index is 586. The van der Waals surface area contributed by atoms with Crippen LogP contribution < -0.4 is 16.7 Å². The molecule has 0 aliphatic carbocycles. The van der Waals surface area contributed by atoms with E-state index in [2.05, 4.69) is 44.9 Å². The van der Waals surface area contributed by atoms with Gasteiger partial charge in [0.2, 0.25) is 6.71 Å². The fourth-order valence-electron chi connectivity index (χ4n) is 3.03. The topological polar surface area (TPSA) is 39.2 Å². The van der Waals surface area contributed by atoms with Gasteiger partial charge >= 0.3 is 0 Å². The second-order valence-electron chi connectivity index (χ2n) is 5.37. The third kappa shape index (κ3) is 1.22. The SMILES string of the molecule is CB1c2ccccc2C(C)(C)c2occ(N)c21. The van der Waals surface area contributed by atoms with Crippen molar-refractivity contribution < 1.29 is 4.42 Å². The van der Waals surface area contributed by atoms with E-state index in [0.717, 1.165) is 16.9 Å². The highest BCUT2D eigenvalue weighted by atomic mass is 16.3. The summed E-state index contributed by atoms with van der Waals surface area (Å²) in [5.74, 6) is 1.02. The summed E-state index contributed by atoms with van der Waals surface area (Å²) < 4.78 is 5.70. The van der Waals surface area contributed by atoms with Crippen LogP contribution in [0.2, 0.25) is 6.82 Å². The van der Waals surface area contributed by atoms with E-state index in [-0.39, 0.29) is 5.41 Å². The zero-order chi connectivity index (χ0) is 12.2. The smallest absolute Gasteiger partial charge is 0.214 e. The molecule has 1 aromatic heterocycles. The van der Waals surface area contributed by atoms with E-state index in [9.17, 15) is 0 Å². The molecule has 1 aliphatic heterocycles. The van der Waals surface area contributed by atoms with Crippen molar-refractivity contribution in [3.05, 3.63) is 41.9 Å². The Labute approximate surface area is 102 Å². The monoisotopic (exact) mass is 225 g/mol. The predicted octanol–water partition coefficient (Wildman–Crippen LogP) is 1.74. The van der Waals surface area contributed by atoms with Gasteiger partial charge in [-0.05, 0) is 24.9 Å². The van der Waals surface area contributed by atoms with Crippen LogP contribution in [-0.2, 0) is 5.41 Å². The summed E-state index contributed by atoms with van der Waals surface area (Å²) in [4.78, 5) is 0. The van der Waals surface area contributed by atoms with Gasteiger partial charge < -0.3 is 10.2 Å². The molecule has 3 heteroatoms. The van der Waals surface area contributed by atoms with Crippen molar-refractivity contribution >= 4 is 23.3 Å². The molecule has 2 aromatic rings. The minimum atomic E-state index is -0.101. The Balaban J connectivity index is 2.35. The molecule has 1 aliphatic rings. The number of fused-ring (bicyclic) bond motifs is 2. The average molecular weight is 225 g/mol. The second-order valence-corrected chi connectivity index (χ2v) is 5.37. The Morgan fingerprint density at radius 3 is 2.71 bits per heavy atom. The van der Waals surface area contributed by atoms with Crippen LogP contribution in [0, 0.1) is 0 Å². The van der Waals surface area contributed by atoms with Gasteiger partial charge in [-0.3, -0.25) is 0 Å². The Kier molecular flexibility index (Phi) is 1.97. The van der Waals surface area contributed by atoms with E-state index in [4.69, 9.17) is 10.2 Å². The van der Waals surface area contributed by atoms with E-state index in [1.165, 1.54) is 11.0 Å². The van der Waals surface area contributed by atoms with Crippen LogP contribution in [0.4, 0.5) is 5.69 Å². The molecule has 2 nitrogen and oxygen atoms in total. The summed E-state index contributed by atoms with van der Waals surface area (Å²) >= 11 is 0. The van der Waals surface area contributed by atoms with Gasteiger partial charge in [0.15, 0.2) is 0 Å². The molecule has 3 rings (SSSR count). The van der Waals surface area contributed by atoms with E-state index in [1.807, 2.05) is 0 Å². The fraction of sp³-hybridized carbons (Fsp3) is 0.286. The number of benzene rings is 1. The lowest BCUT2D eigenvalue weighted by Crippen LogP contribution is -2.52. The number of nitrogens with two attached hydrogens (primary N) is 1. The van der Waals surface area contributed by atoms with Crippen molar-refractivity contribution in [1.29, 1.82) is 0 Å². The maximum absolute atomic E-state index is 6.04. The molecule has 0 bridgehead atoms. The van der Waals surface area contributed by atoms with Crippen molar-refractivity contribution in [2.75, 3.05) is 5.73 Å². The van der Waals surface area contributed by atoms with Crippen LogP contribution in [0.5, 0.6) is 0 Å². The molecule has 17 heavy (non-hydrogen) atoms. The minimum absolute atomic E-state index is 0.101. The number of hydrogen-bond donors (Lipinski definition) is 1. The quantitative estimate of drug-likeness (QED) is 0.693. The van der Waals surface area contributed by atoms with Gasteiger partial charge in [0.1, 0.15) is 12.0 Å². The highest BCUT2D eigenvalue weighted by molar-refractivity contribution is 6.86. The Hall–Kier alpha value is -1.64. The molecule has 2 N–H and O–H groups in total. The van der Waals surface area contributed by atoms with Gasteiger partial charge in [-0.1, -0.05) is 36.6 Å². The van der Waals surface area contributed by atoms with E-state index in [0.29, 0.717) is 6.71 Å². The summed E-state index contributed by atoms with van der Waals surface area (Å²) in [5, 5.41) is 0. The summed E-state index contributed by atoms with van der Waals surface area (Å²) in [6.45, 7) is 6.89. The maximum Gasteiger partial charge on any atom is 0.214 e. The van der Waals surface area contributed by atoms with Crippen LogP contribution in [0.15, 0.2) is 34.9 Å². The molecule has 0 amide bonds. The lowest BCUT2D eigenvalue weighted by atomic mass is 9.37. The maximum atomic E-state index is 6.04. The molecule has 86 valence electrons. The lowest BCUT2D eigenvalue weighted by molar-refractivity contribution is 0.433. The first-order valence-electron chi connectivity index (χ1n) is 6.00. The van der Waals surface area contributed by atoms with Gasteiger partial charge in [0, 0.05) is 5.41 Å².